The van der Waals surface area contributed by atoms with Crippen LogP contribution in [-0.4, -0.2) is 9.78 Å². The highest BCUT2D eigenvalue weighted by atomic mass is 35.5. The van der Waals surface area contributed by atoms with E-state index < -0.39 is 0 Å². The largest absolute Gasteiger partial charge is 0.380 e. The highest BCUT2D eigenvalue weighted by Crippen LogP contribution is 2.21. The van der Waals surface area contributed by atoms with Crippen LogP contribution in [0.3, 0.4) is 0 Å². The monoisotopic (exact) mass is 308 g/mol. The molecule has 1 N–H and O–H groups in total. The van der Waals surface area contributed by atoms with E-state index in [0.717, 1.165) is 16.9 Å². The van der Waals surface area contributed by atoms with Crippen molar-refractivity contribution in [2.75, 3.05) is 5.32 Å². The number of hydrogen-bond donors (Lipinski definition) is 1. The molecule has 0 saturated carbocycles. The zero-order valence-electron chi connectivity index (χ0n) is 11.7. The van der Waals surface area contributed by atoms with E-state index in [1.54, 1.807) is 18.3 Å². The van der Waals surface area contributed by atoms with Crippen LogP contribution < -0.4 is 5.32 Å². The summed E-state index contributed by atoms with van der Waals surface area (Å²) in [4.78, 5) is 0. The molecule has 2 aromatic carbocycles. The highest BCUT2D eigenvalue weighted by Gasteiger charge is 2.06. The number of nitrogens with one attached hydrogen (secondary N) is 1. The first-order chi connectivity index (χ1) is 10.8. The fraction of sp³-hybridized carbons (Fsp3) is 0.0588. The number of nitriles is 1. The lowest BCUT2D eigenvalue weighted by molar-refractivity contribution is 0.864. The Morgan fingerprint density at radius 3 is 2.82 bits per heavy atom. The Balaban J connectivity index is 1.85. The Morgan fingerprint density at radius 1 is 1.18 bits per heavy atom. The molecule has 0 spiro atoms. The summed E-state index contributed by atoms with van der Waals surface area (Å²) in [5, 5.41) is 17.3. The van der Waals surface area contributed by atoms with Crippen molar-refractivity contribution in [1.82, 2.24) is 9.78 Å². The van der Waals surface area contributed by atoms with Crippen molar-refractivity contribution in [3.63, 3.8) is 0 Å². The van der Waals surface area contributed by atoms with E-state index in [-0.39, 0.29) is 0 Å². The van der Waals surface area contributed by atoms with Gasteiger partial charge in [0.05, 0.1) is 16.9 Å². The summed E-state index contributed by atoms with van der Waals surface area (Å²) in [6.45, 7) is 0.590. The number of para-hydroxylation sites is 1. The number of aromatic nitrogens is 2. The molecule has 1 heterocycles. The quantitative estimate of drug-likeness (QED) is 0.792. The summed E-state index contributed by atoms with van der Waals surface area (Å²) in [6, 6.07) is 17.3. The van der Waals surface area contributed by atoms with Crippen molar-refractivity contribution in [3.05, 3.63) is 77.1 Å². The van der Waals surface area contributed by atoms with Crippen molar-refractivity contribution in [3.8, 4) is 11.8 Å². The molecule has 3 rings (SSSR count). The Bertz CT molecular complexity index is 819. The lowest BCUT2D eigenvalue weighted by Crippen LogP contribution is -2.06. The van der Waals surface area contributed by atoms with E-state index >= 15 is 0 Å². The molecule has 4 nitrogen and oxygen atoms in total. The number of anilines is 1. The van der Waals surface area contributed by atoms with Gasteiger partial charge in [-0.25, -0.2) is 4.68 Å². The average molecular weight is 309 g/mol. The van der Waals surface area contributed by atoms with Crippen molar-refractivity contribution in [1.29, 1.82) is 5.26 Å². The second kappa shape index (κ2) is 6.33. The van der Waals surface area contributed by atoms with Gasteiger partial charge in [0.2, 0.25) is 0 Å². The molecule has 22 heavy (non-hydrogen) atoms. The first kappa shape index (κ1) is 14.2. The van der Waals surface area contributed by atoms with Gasteiger partial charge >= 0.3 is 0 Å². The SMILES string of the molecule is N#Cc1cc(Cl)ccc1NCc1ccccc1-n1cccn1. The third-order valence-electron chi connectivity index (χ3n) is 3.31. The smallest absolute Gasteiger partial charge is 0.101 e. The zero-order valence-corrected chi connectivity index (χ0v) is 12.5. The van der Waals surface area contributed by atoms with Gasteiger partial charge in [0, 0.05) is 24.0 Å². The molecule has 0 aliphatic heterocycles. The van der Waals surface area contributed by atoms with Crippen LogP contribution in [0.4, 0.5) is 5.69 Å². The number of rotatable bonds is 4. The van der Waals surface area contributed by atoms with Gasteiger partial charge in [-0.05, 0) is 35.9 Å². The maximum Gasteiger partial charge on any atom is 0.101 e. The maximum atomic E-state index is 9.18. The first-order valence-corrected chi connectivity index (χ1v) is 7.17. The normalized spacial score (nSPS) is 10.2. The van der Waals surface area contributed by atoms with Crippen LogP contribution in [-0.2, 0) is 6.54 Å². The minimum absolute atomic E-state index is 0.532. The number of hydrogen-bond acceptors (Lipinski definition) is 3. The second-order valence-corrected chi connectivity index (χ2v) is 5.17. The van der Waals surface area contributed by atoms with Gasteiger partial charge in [-0.2, -0.15) is 10.4 Å². The Labute approximate surface area is 133 Å². The van der Waals surface area contributed by atoms with Crippen LogP contribution in [0.25, 0.3) is 5.69 Å². The molecule has 0 amide bonds. The minimum atomic E-state index is 0.532. The summed E-state index contributed by atoms with van der Waals surface area (Å²) < 4.78 is 1.82. The fourth-order valence-corrected chi connectivity index (χ4v) is 2.42. The predicted octanol–water partition coefficient (Wildman–Crippen LogP) is 4.01. The lowest BCUT2D eigenvalue weighted by Gasteiger charge is -2.12. The van der Waals surface area contributed by atoms with Gasteiger partial charge in [0.15, 0.2) is 0 Å². The third kappa shape index (κ3) is 2.95. The summed E-state index contributed by atoms with van der Waals surface area (Å²) in [5.74, 6) is 0. The summed E-state index contributed by atoms with van der Waals surface area (Å²) in [7, 11) is 0. The molecule has 3 aromatic rings. The maximum absolute atomic E-state index is 9.18. The van der Waals surface area contributed by atoms with E-state index in [1.165, 1.54) is 0 Å². The van der Waals surface area contributed by atoms with Gasteiger partial charge in [0.25, 0.3) is 0 Å². The van der Waals surface area contributed by atoms with Gasteiger partial charge in [-0.3, -0.25) is 0 Å². The minimum Gasteiger partial charge on any atom is -0.380 e. The predicted molar refractivity (Wildman–Crippen MR) is 87.1 cm³/mol. The van der Waals surface area contributed by atoms with Crippen molar-refractivity contribution in [2.45, 2.75) is 6.54 Å². The van der Waals surface area contributed by atoms with Crippen molar-refractivity contribution in [2.24, 2.45) is 0 Å². The highest BCUT2D eigenvalue weighted by molar-refractivity contribution is 6.30. The van der Waals surface area contributed by atoms with Crippen LogP contribution in [0.1, 0.15) is 11.1 Å². The van der Waals surface area contributed by atoms with Gasteiger partial charge in [-0.15, -0.1) is 0 Å². The zero-order chi connectivity index (χ0) is 15.4. The van der Waals surface area contributed by atoms with Crippen LogP contribution >= 0.6 is 11.6 Å². The van der Waals surface area contributed by atoms with E-state index in [2.05, 4.69) is 16.5 Å². The van der Waals surface area contributed by atoms with Crippen LogP contribution in [0, 0.1) is 11.3 Å². The Kier molecular flexibility index (Phi) is 4.08. The summed E-state index contributed by atoms with van der Waals surface area (Å²) in [6.07, 6.45) is 3.65. The molecule has 108 valence electrons. The Morgan fingerprint density at radius 2 is 2.05 bits per heavy atom. The molecule has 5 heteroatoms. The number of nitrogens with zero attached hydrogens (tertiary/aromatic N) is 3. The van der Waals surface area contributed by atoms with E-state index in [0.29, 0.717) is 17.1 Å². The van der Waals surface area contributed by atoms with E-state index in [9.17, 15) is 5.26 Å². The molecule has 0 fully saturated rings. The van der Waals surface area contributed by atoms with Gasteiger partial charge < -0.3 is 5.32 Å². The van der Waals surface area contributed by atoms with Crippen LogP contribution in [0.15, 0.2) is 60.9 Å². The van der Waals surface area contributed by atoms with Crippen LogP contribution in [0.2, 0.25) is 5.02 Å². The molecular formula is C17H13ClN4. The van der Waals surface area contributed by atoms with E-state index in [1.807, 2.05) is 47.3 Å². The summed E-state index contributed by atoms with van der Waals surface area (Å²) >= 11 is 5.92. The average Bonchev–Trinajstić information content (AvgIpc) is 3.08. The fourth-order valence-electron chi connectivity index (χ4n) is 2.25. The van der Waals surface area contributed by atoms with Crippen molar-refractivity contribution >= 4 is 17.3 Å². The van der Waals surface area contributed by atoms with Gasteiger partial charge in [0.1, 0.15) is 6.07 Å². The standard InChI is InChI=1S/C17H13ClN4/c18-15-6-7-16(14(10-15)11-19)20-12-13-4-1-2-5-17(13)22-9-3-8-21-22/h1-10,20H,12H2. The lowest BCUT2D eigenvalue weighted by atomic mass is 10.1. The molecule has 0 bridgehead atoms. The van der Waals surface area contributed by atoms with Crippen LogP contribution in [0.5, 0.6) is 0 Å². The number of halogens is 1. The molecule has 0 aliphatic carbocycles. The molecule has 0 radical (unpaired) electrons. The number of benzene rings is 2. The Hall–Kier alpha value is -2.77. The molecule has 1 aromatic heterocycles. The molecule has 0 atom stereocenters. The first-order valence-electron chi connectivity index (χ1n) is 6.79. The second-order valence-electron chi connectivity index (χ2n) is 4.73. The third-order valence-corrected chi connectivity index (χ3v) is 3.55. The molecule has 0 aliphatic rings. The molecule has 0 unspecified atom stereocenters. The van der Waals surface area contributed by atoms with Gasteiger partial charge in [-0.1, -0.05) is 29.8 Å². The molecule has 0 saturated heterocycles. The van der Waals surface area contributed by atoms with Crippen molar-refractivity contribution < 1.29 is 0 Å². The summed E-state index contributed by atoms with van der Waals surface area (Å²) in [5.41, 5.74) is 3.39. The molecular weight excluding hydrogens is 296 g/mol. The van der Waals surface area contributed by atoms with E-state index in [4.69, 9.17) is 11.6 Å². The topological polar surface area (TPSA) is 53.6 Å².